The smallest absolute Gasteiger partial charge is 0.339 e. The molecule has 16 heavy (non-hydrogen) atoms. The van der Waals surface area contributed by atoms with Crippen LogP contribution in [-0.2, 0) is 6.42 Å². The van der Waals surface area contributed by atoms with E-state index in [1.54, 1.807) is 0 Å². The molecule has 3 N–H and O–H groups in total. The molecule has 0 aromatic heterocycles. The Bertz CT molecular complexity index is 435. The number of rotatable bonds is 4. The number of aryl methyl sites for hydroxylation is 1. The van der Waals surface area contributed by atoms with Gasteiger partial charge in [-0.05, 0) is 31.4 Å². The highest BCUT2D eigenvalue weighted by Gasteiger charge is 2.13. The molecule has 0 aliphatic heterocycles. The Morgan fingerprint density at radius 1 is 1.31 bits per heavy atom. The standard InChI is InChI=1S/C12H14O4/c1-7(2)3-4-8-5-9(12(15)16)11(14)6-10(8)13/h5-6,13-14H,1,3-4H2,2H3,(H,15,16). The Morgan fingerprint density at radius 3 is 2.44 bits per heavy atom. The Labute approximate surface area is 93.5 Å². The summed E-state index contributed by atoms with van der Waals surface area (Å²) in [7, 11) is 0. The molecule has 0 fully saturated rings. The monoisotopic (exact) mass is 222 g/mol. The van der Waals surface area contributed by atoms with Crippen LogP contribution in [0.25, 0.3) is 0 Å². The minimum absolute atomic E-state index is 0.0937. The number of aromatic hydroxyl groups is 2. The molecule has 0 heterocycles. The minimum atomic E-state index is -1.21. The number of phenolic OH excluding ortho intramolecular Hbond substituents is 1. The summed E-state index contributed by atoms with van der Waals surface area (Å²) in [4.78, 5) is 10.8. The molecule has 4 heteroatoms. The Balaban J connectivity index is 3.05. The second kappa shape index (κ2) is 4.70. The van der Waals surface area contributed by atoms with Crippen molar-refractivity contribution >= 4 is 5.97 Å². The van der Waals surface area contributed by atoms with Crippen LogP contribution in [0.4, 0.5) is 0 Å². The van der Waals surface area contributed by atoms with E-state index >= 15 is 0 Å². The summed E-state index contributed by atoms with van der Waals surface area (Å²) in [6, 6.07) is 2.34. The highest BCUT2D eigenvalue weighted by Crippen LogP contribution is 2.28. The van der Waals surface area contributed by atoms with E-state index in [-0.39, 0.29) is 11.3 Å². The average Bonchev–Trinajstić information content (AvgIpc) is 2.15. The van der Waals surface area contributed by atoms with E-state index in [0.29, 0.717) is 18.4 Å². The fourth-order valence-corrected chi connectivity index (χ4v) is 1.34. The number of hydrogen-bond donors (Lipinski definition) is 3. The maximum atomic E-state index is 10.8. The number of aromatic carboxylic acids is 1. The average molecular weight is 222 g/mol. The maximum absolute atomic E-state index is 10.8. The molecule has 0 radical (unpaired) electrons. The van der Waals surface area contributed by atoms with Gasteiger partial charge in [0.15, 0.2) is 0 Å². The van der Waals surface area contributed by atoms with Crippen LogP contribution in [0.15, 0.2) is 24.3 Å². The van der Waals surface area contributed by atoms with Gasteiger partial charge in [-0.25, -0.2) is 4.79 Å². The molecule has 0 aliphatic carbocycles. The van der Waals surface area contributed by atoms with Crippen molar-refractivity contribution in [2.45, 2.75) is 19.8 Å². The van der Waals surface area contributed by atoms with Gasteiger partial charge < -0.3 is 15.3 Å². The molecule has 0 spiro atoms. The topological polar surface area (TPSA) is 77.8 Å². The molecule has 0 atom stereocenters. The van der Waals surface area contributed by atoms with E-state index < -0.39 is 11.7 Å². The van der Waals surface area contributed by atoms with Crippen molar-refractivity contribution in [3.63, 3.8) is 0 Å². The largest absolute Gasteiger partial charge is 0.508 e. The van der Waals surface area contributed by atoms with Crippen LogP contribution in [-0.4, -0.2) is 21.3 Å². The fourth-order valence-electron chi connectivity index (χ4n) is 1.34. The van der Waals surface area contributed by atoms with Crippen molar-refractivity contribution in [1.82, 2.24) is 0 Å². The lowest BCUT2D eigenvalue weighted by Crippen LogP contribution is -1.99. The van der Waals surface area contributed by atoms with Crippen LogP contribution in [0.1, 0.15) is 29.3 Å². The van der Waals surface area contributed by atoms with E-state index in [1.807, 2.05) is 6.92 Å². The quantitative estimate of drug-likeness (QED) is 0.683. The van der Waals surface area contributed by atoms with Gasteiger partial charge in [-0.3, -0.25) is 0 Å². The summed E-state index contributed by atoms with van der Waals surface area (Å²) in [5.41, 5.74) is 1.25. The van der Waals surface area contributed by atoms with Crippen molar-refractivity contribution in [3.8, 4) is 11.5 Å². The van der Waals surface area contributed by atoms with Crippen LogP contribution >= 0.6 is 0 Å². The van der Waals surface area contributed by atoms with Crippen molar-refractivity contribution in [2.24, 2.45) is 0 Å². The lowest BCUT2D eigenvalue weighted by atomic mass is 10.0. The normalized spacial score (nSPS) is 10.1. The van der Waals surface area contributed by atoms with Crippen LogP contribution in [0, 0.1) is 0 Å². The molecule has 0 aliphatic rings. The minimum Gasteiger partial charge on any atom is -0.508 e. The number of carboxylic acids is 1. The van der Waals surface area contributed by atoms with Gasteiger partial charge >= 0.3 is 5.97 Å². The number of phenols is 2. The van der Waals surface area contributed by atoms with E-state index in [4.69, 9.17) is 5.11 Å². The zero-order valence-electron chi connectivity index (χ0n) is 9.03. The predicted octanol–water partition coefficient (Wildman–Crippen LogP) is 2.30. The molecular weight excluding hydrogens is 208 g/mol. The van der Waals surface area contributed by atoms with E-state index in [0.717, 1.165) is 11.6 Å². The van der Waals surface area contributed by atoms with Gasteiger partial charge in [0.25, 0.3) is 0 Å². The number of carbonyl (C=O) groups is 1. The number of carboxylic acid groups (broad SMARTS) is 1. The molecule has 0 amide bonds. The third kappa shape index (κ3) is 2.76. The molecular formula is C12H14O4. The third-order valence-electron chi connectivity index (χ3n) is 2.25. The summed E-state index contributed by atoms with van der Waals surface area (Å²) < 4.78 is 0. The molecule has 86 valence electrons. The van der Waals surface area contributed by atoms with Gasteiger partial charge in [0.2, 0.25) is 0 Å². The van der Waals surface area contributed by atoms with Crippen LogP contribution in [0.3, 0.4) is 0 Å². The summed E-state index contributed by atoms with van der Waals surface area (Å²) in [5, 5.41) is 27.6. The summed E-state index contributed by atoms with van der Waals surface area (Å²) >= 11 is 0. The fraction of sp³-hybridized carbons (Fsp3) is 0.250. The lowest BCUT2D eigenvalue weighted by Gasteiger charge is -2.07. The first kappa shape index (κ1) is 12.1. The first-order chi connectivity index (χ1) is 7.41. The highest BCUT2D eigenvalue weighted by molar-refractivity contribution is 5.91. The Kier molecular flexibility index (Phi) is 3.55. The molecule has 1 rings (SSSR count). The molecule has 1 aromatic carbocycles. The van der Waals surface area contributed by atoms with Gasteiger partial charge in [0.1, 0.15) is 17.1 Å². The van der Waals surface area contributed by atoms with Crippen LogP contribution < -0.4 is 0 Å². The van der Waals surface area contributed by atoms with Crippen molar-refractivity contribution < 1.29 is 20.1 Å². The van der Waals surface area contributed by atoms with Gasteiger partial charge in [-0.2, -0.15) is 0 Å². The van der Waals surface area contributed by atoms with Gasteiger partial charge in [0, 0.05) is 6.07 Å². The third-order valence-corrected chi connectivity index (χ3v) is 2.25. The maximum Gasteiger partial charge on any atom is 0.339 e. The number of benzene rings is 1. The summed E-state index contributed by atoms with van der Waals surface area (Å²) in [6.45, 7) is 5.58. The zero-order chi connectivity index (χ0) is 12.3. The molecule has 4 nitrogen and oxygen atoms in total. The van der Waals surface area contributed by atoms with Crippen molar-refractivity contribution in [2.75, 3.05) is 0 Å². The summed E-state index contributed by atoms with van der Waals surface area (Å²) in [5.74, 6) is -1.73. The molecule has 0 saturated carbocycles. The second-order valence-electron chi connectivity index (χ2n) is 3.76. The van der Waals surface area contributed by atoms with Crippen molar-refractivity contribution in [3.05, 3.63) is 35.4 Å². The SMILES string of the molecule is C=C(C)CCc1cc(C(=O)O)c(O)cc1O. The number of hydrogen-bond acceptors (Lipinski definition) is 3. The van der Waals surface area contributed by atoms with E-state index in [9.17, 15) is 15.0 Å². The lowest BCUT2D eigenvalue weighted by molar-refractivity contribution is 0.0693. The molecule has 0 unspecified atom stereocenters. The van der Waals surface area contributed by atoms with Crippen LogP contribution in [0.5, 0.6) is 11.5 Å². The van der Waals surface area contributed by atoms with E-state index in [1.165, 1.54) is 6.07 Å². The molecule has 1 aromatic rings. The summed E-state index contributed by atoms with van der Waals surface area (Å²) in [6.07, 6.45) is 1.17. The number of allylic oxidation sites excluding steroid dienone is 1. The second-order valence-corrected chi connectivity index (χ2v) is 3.76. The van der Waals surface area contributed by atoms with Crippen LogP contribution in [0.2, 0.25) is 0 Å². The van der Waals surface area contributed by atoms with E-state index in [2.05, 4.69) is 6.58 Å². The zero-order valence-corrected chi connectivity index (χ0v) is 9.03. The first-order valence-corrected chi connectivity index (χ1v) is 4.84. The molecule has 0 saturated heterocycles. The van der Waals surface area contributed by atoms with Crippen molar-refractivity contribution in [1.29, 1.82) is 0 Å². The Morgan fingerprint density at radius 2 is 1.94 bits per heavy atom. The van der Waals surface area contributed by atoms with Gasteiger partial charge in [0.05, 0.1) is 0 Å². The molecule has 0 bridgehead atoms. The van der Waals surface area contributed by atoms with Gasteiger partial charge in [-0.15, -0.1) is 6.58 Å². The Hall–Kier alpha value is -1.97. The van der Waals surface area contributed by atoms with Gasteiger partial charge in [-0.1, -0.05) is 5.57 Å². The highest BCUT2D eigenvalue weighted by atomic mass is 16.4. The predicted molar refractivity (Wildman–Crippen MR) is 59.9 cm³/mol. The first-order valence-electron chi connectivity index (χ1n) is 4.84.